The van der Waals surface area contributed by atoms with Gasteiger partial charge in [-0.15, -0.1) is 0 Å². The summed E-state index contributed by atoms with van der Waals surface area (Å²) < 4.78 is 696. The van der Waals surface area contributed by atoms with Crippen molar-refractivity contribution >= 4 is 0 Å². The van der Waals surface area contributed by atoms with Crippen LogP contribution in [0.2, 0.25) is 0 Å². The average molecular weight is 1790 g/mol. The van der Waals surface area contributed by atoms with Gasteiger partial charge >= 0.3 is 0 Å². The van der Waals surface area contributed by atoms with Crippen LogP contribution in [0.15, 0.2) is 109 Å². The minimum atomic E-state index is -3.20. The zero-order valence-corrected chi connectivity index (χ0v) is 73.4. The van der Waals surface area contributed by atoms with Gasteiger partial charge in [0, 0.05) is 156 Å². The Kier molecular flexibility index (Phi) is 10.4. The van der Waals surface area contributed by atoms with Gasteiger partial charge < -0.3 is 57.8 Å². The number of benzene rings is 6. The van der Waals surface area contributed by atoms with Gasteiger partial charge in [-0.3, -0.25) is 0 Å². The summed E-state index contributed by atoms with van der Waals surface area (Å²) in [7, 11) is 10.8. The third-order valence-corrected chi connectivity index (χ3v) is 27.9. The lowest BCUT2D eigenvalue weighted by Crippen LogP contribution is -2.60. The first kappa shape index (κ1) is 37.0. The predicted octanol–water partition coefficient (Wildman–Crippen LogP) is 21.8. The topological polar surface area (TPSA) is 74.8 Å². The molecule has 12 fully saturated rings. The fraction of sp³-hybridized carbons (Fsp3) is 0.684. The van der Waals surface area contributed by atoms with Crippen LogP contribution in [0.4, 0.5) is 0 Å². The highest BCUT2D eigenvalue weighted by Gasteiger charge is 2.61. The van der Waals surface area contributed by atoms with E-state index in [1.54, 1.807) is 23.9 Å². The second-order valence-electron chi connectivity index (χ2n) is 35.0. The number of piperidine rings is 6. The van der Waals surface area contributed by atoms with Gasteiger partial charge in [-0.2, -0.15) is 0 Å². The quantitative estimate of drug-likeness (QED) is 0.159. The number of hydrogen-bond acceptors (Lipinski definition) is 12. The molecule has 6 aliphatic heterocycles. The van der Waals surface area contributed by atoms with Crippen LogP contribution < -0.4 is 28.4 Å². The van der Waals surface area contributed by atoms with Gasteiger partial charge in [0.2, 0.25) is 0 Å². The van der Waals surface area contributed by atoms with E-state index in [1.165, 1.54) is 64.8 Å². The third kappa shape index (κ3) is 15.4. The van der Waals surface area contributed by atoms with Gasteiger partial charge in [-0.05, 0) is 483 Å². The first-order valence-electron chi connectivity index (χ1n) is 80.9. The summed E-state index contributed by atoms with van der Waals surface area (Å²) in [6, 6.07) is -6.27. The number of hydrogen-bond donors (Lipinski definition) is 0. The molecule has 18 aliphatic rings. The van der Waals surface area contributed by atoms with E-state index in [9.17, 15) is 8.22 Å². The zero-order valence-electron chi connectivity index (χ0n) is 149. The van der Waals surface area contributed by atoms with Gasteiger partial charge in [-0.25, -0.2) is 0 Å². The van der Waals surface area contributed by atoms with Crippen LogP contribution in [0.1, 0.15) is 366 Å². The molecule has 12 nitrogen and oxygen atoms in total. The van der Waals surface area contributed by atoms with E-state index >= 15 is 0 Å². The summed E-state index contributed by atoms with van der Waals surface area (Å²) >= 11 is 0. The molecule has 126 heavy (non-hydrogen) atoms. The van der Waals surface area contributed by atoms with Crippen molar-refractivity contribution < 1.29 is 133 Å². The number of likely N-dealkylation sites (N-methyl/N-ethyl adjacent to an activating group) is 6. The smallest absolute Gasteiger partial charge is 0.119 e. The SMILES string of the molecule is [2H]C1([2H])c2ccc(OC)cc2[C@@]23CCN(C([2H])([2H])[2H])[C@@H]1[C@@]2([2H])C([2H])([2H])C([2H])(C)C([2H])([2H])C3([2H])[2H].[2H]C1([2H])c2ccc(OC)cc2[C@@]23CCN(C([2H])([2H])[2H])[C@@H]1[C@@]2([2H])C([2H])([2H])C([2H])(C)C([2H])([2H])C3([2H])[2H].[2H]c1c([2H])c(OC)c([2H])c2c1C[C@@H]1N(C([2H])([2H])[2H])CC[C@]23C([2H])([2H])C([2H])([2H])C([2H])(C)C([2H])([2H])[C@]13[2H].[2H]c1c([2H])c(OC)c([2H])c2c1C[C@@H]1N(C([2H])([2H])[2H])CC[C@]23C([2H])([2H])C([2H])([2H])C([2H])(C)C([2H])([2H])[C@]13[2H].[2H]c1c([2H])c(OC)c([2H])c2c1C[C@@H]1N(C)CC[C@]23C([2H])([2H])C([2H])([2H])C([2H])(C)C([2H])([2H])[C@]13[2H].[2H]c1c([2H])c(OC)c([2H])c2c1C[C@@H]1N(C)CC[C@]23C([2H])([2H])C([2H])([2H])C([2H])(C)C([2H])([2H])[C@]13[2H]. The van der Waals surface area contributed by atoms with Crippen LogP contribution in [0.25, 0.3) is 0 Å². The van der Waals surface area contributed by atoms with Crippen LogP contribution in [0.3, 0.4) is 0 Å². The van der Waals surface area contributed by atoms with E-state index in [-0.39, 0.29) is 166 Å². The number of nitrogens with zero attached hydrogens (tertiary/aromatic N) is 6. The summed E-state index contributed by atoms with van der Waals surface area (Å²) in [6.07, 6.45) is -64.0. The molecule has 24 atom stereocenters. The van der Waals surface area contributed by atoms with E-state index in [1.807, 2.05) is 0 Å². The highest BCUT2D eigenvalue weighted by Crippen LogP contribution is 2.64. The number of methoxy groups -OCH3 is 6. The molecule has 6 heterocycles. The van der Waals surface area contributed by atoms with Crippen LogP contribution >= 0.6 is 0 Å². The van der Waals surface area contributed by atoms with Crippen LogP contribution in [-0.4, -0.2) is 190 Å². The number of ether oxygens (including phenoxy) is 6. The van der Waals surface area contributed by atoms with Crippen LogP contribution in [-0.2, 0) is 70.9 Å². The van der Waals surface area contributed by atoms with Crippen molar-refractivity contribution in [2.24, 2.45) is 70.7 Å². The summed E-state index contributed by atoms with van der Waals surface area (Å²) in [4.78, 5) is 6.63. The lowest BCUT2D eigenvalue weighted by molar-refractivity contribution is -0.0112. The third-order valence-electron chi connectivity index (χ3n) is 27.9. The van der Waals surface area contributed by atoms with Crippen LogP contribution in [0.5, 0.6) is 34.5 Å². The Labute approximate surface area is 868 Å². The monoisotopic (exact) mass is 1790 g/mol. The fourth-order valence-electron chi connectivity index (χ4n) is 21.4. The van der Waals surface area contributed by atoms with Crippen molar-refractivity contribution in [2.45, 2.75) is 302 Å². The van der Waals surface area contributed by atoms with Gasteiger partial charge in [0.25, 0.3) is 0 Å². The van der Waals surface area contributed by atoms with Crippen molar-refractivity contribution in [3.8, 4) is 34.5 Å². The van der Waals surface area contributed by atoms with E-state index < -0.39 is 406 Å². The Morgan fingerprint density at radius 1 is 0.294 bits per heavy atom. The average Bonchev–Trinajstić information content (AvgIpc) is 0.614. The molecule has 6 unspecified atom stereocenters. The van der Waals surface area contributed by atoms with Gasteiger partial charge in [-0.1, -0.05) is 77.8 Å². The molecule has 24 rings (SSSR count). The molecule has 0 aromatic heterocycles. The minimum Gasteiger partial charge on any atom is -0.497 e. The maximum atomic E-state index is 9.64. The summed E-state index contributed by atoms with van der Waals surface area (Å²) in [6.45, 7) is -7.15. The second-order valence-corrected chi connectivity index (χ2v) is 35.0. The minimum absolute atomic E-state index is 0.0770. The lowest BCUT2D eigenvalue weighted by Gasteiger charge is -2.59. The Hall–Kier alpha value is -6.12. The first-order valence-corrected chi connectivity index (χ1v) is 42.9. The van der Waals surface area contributed by atoms with E-state index in [4.69, 9.17) is 124 Å². The molecule has 0 radical (unpaired) electrons. The molecule has 6 aromatic carbocycles. The molecule has 6 aromatic rings. The standard InChI is InChI=1S/6C19H27NO/c6*1-13-6-7-19-8-9-20(2)18(17(19)10-13)11-14-4-5-15(21-3)12-16(14)19/h6*4-5,12-13,17-18H,6-11H2,1-3H3/t6*13?,17-,18+,19-/m111111/s1/i2*2D3,4D,5D,6D2,7D2,10D2,12D,13D,17D;2*4D,5D,6D2,7D2,10D2,12D,13D,17D;2*2D3,6D2,7D2,10D2,11D2,13D,17D. The molecule has 6 saturated heterocycles. The van der Waals surface area contributed by atoms with E-state index in [0.29, 0.717) is 0 Å². The first-order chi connectivity index (χ1) is 90.3. The summed E-state index contributed by atoms with van der Waals surface area (Å²) in [5, 5.41) is 0. The predicted molar refractivity (Wildman–Crippen MR) is 515 cm³/mol. The molecule has 12 aliphatic carbocycles. The summed E-state index contributed by atoms with van der Waals surface area (Å²) in [5.41, 5.74) is -15.2. The molecule has 0 amide bonds. The fourth-order valence-corrected chi connectivity index (χ4v) is 21.4. The van der Waals surface area contributed by atoms with Crippen molar-refractivity contribution in [3.05, 3.63) is 176 Å². The molecule has 0 N–H and O–H groups in total. The summed E-state index contributed by atoms with van der Waals surface area (Å²) in [5.74, 6) is -33.6. The highest BCUT2D eigenvalue weighted by molar-refractivity contribution is 5.52. The largest absolute Gasteiger partial charge is 0.497 e. The Balaban J connectivity index is 0.000000144. The van der Waals surface area contributed by atoms with Crippen molar-refractivity contribution in [1.29, 1.82) is 0 Å². The zero-order chi connectivity index (χ0) is 155. The normalized spacial score (nSPS) is 62.7. The highest BCUT2D eigenvalue weighted by atomic mass is 16.5. The van der Waals surface area contributed by atoms with Gasteiger partial charge in [0.1, 0.15) is 34.5 Å². The van der Waals surface area contributed by atoms with Crippen molar-refractivity contribution in [1.82, 2.24) is 29.4 Å². The molecular formula is C114H162N6O6. The molecule has 12 bridgehead atoms. The maximum absolute atomic E-state index is 9.64. The van der Waals surface area contributed by atoms with Crippen LogP contribution in [0, 0.1) is 70.7 Å². The molecular weight excluding hydrogens is 1550 g/mol. The Morgan fingerprint density at radius 3 is 0.762 bits per heavy atom. The Morgan fingerprint density at radius 2 is 0.516 bits per heavy atom. The number of fused-ring (bicyclic) bond motifs is 6. The van der Waals surface area contributed by atoms with E-state index in [2.05, 4.69) is 0 Å². The molecule has 0 spiro atoms. The van der Waals surface area contributed by atoms with Crippen molar-refractivity contribution in [2.75, 3.05) is 124 Å². The van der Waals surface area contributed by atoms with Gasteiger partial charge in [0.05, 0.1) is 59.1 Å². The van der Waals surface area contributed by atoms with Crippen molar-refractivity contribution in [3.63, 3.8) is 0 Å². The second kappa shape index (κ2) is 35.4. The van der Waals surface area contributed by atoms with Gasteiger partial charge in [0.15, 0.2) is 0 Å². The number of rotatable bonds is 6. The molecule has 6 saturated carbocycles. The lowest BCUT2D eigenvalue weighted by atomic mass is 9.51. The molecule has 684 valence electrons. The van der Waals surface area contributed by atoms with E-state index in [0.717, 1.165) is 75.4 Å². The Bertz CT molecular complexity index is 8350. The maximum Gasteiger partial charge on any atom is 0.119 e. The number of likely N-dealkylation sites (tertiary alicyclic amines) is 6. The molecule has 12 heteroatoms.